The van der Waals surface area contributed by atoms with E-state index in [1.165, 1.54) is 12.3 Å². The lowest BCUT2D eigenvalue weighted by Gasteiger charge is -2.19. The van der Waals surface area contributed by atoms with Gasteiger partial charge in [-0.05, 0) is 32.4 Å². The minimum absolute atomic E-state index is 0.222. The van der Waals surface area contributed by atoms with E-state index in [1.54, 1.807) is 32.9 Å². The Hall–Kier alpha value is -2.44. The van der Waals surface area contributed by atoms with Crippen LogP contribution in [0.15, 0.2) is 18.3 Å². The fourth-order valence-electron chi connectivity index (χ4n) is 1.46. The predicted octanol–water partition coefficient (Wildman–Crippen LogP) is 2.55. The summed E-state index contributed by atoms with van der Waals surface area (Å²) in [5.41, 5.74) is -0.304. The van der Waals surface area contributed by atoms with Gasteiger partial charge in [0.1, 0.15) is 11.2 Å². The fraction of sp³-hybridized carbons (Fsp3) is 0.400. The second kappa shape index (κ2) is 7.53. The molecule has 6 nitrogen and oxygen atoms in total. The molecule has 0 bridgehead atoms. The maximum Gasteiger partial charge on any atom is 0.407 e. The average molecular weight is 310 g/mol. The van der Waals surface area contributed by atoms with Crippen molar-refractivity contribution in [1.29, 1.82) is 0 Å². The molecule has 0 aliphatic carbocycles. The Kier molecular flexibility index (Phi) is 6.03. The Morgan fingerprint density at radius 2 is 2.09 bits per heavy atom. The maximum absolute atomic E-state index is 13.3. The van der Waals surface area contributed by atoms with E-state index in [9.17, 15) is 14.0 Å². The molecule has 22 heavy (non-hydrogen) atoms. The summed E-state index contributed by atoms with van der Waals surface area (Å²) in [7, 11) is 1.16. The van der Waals surface area contributed by atoms with E-state index in [2.05, 4.69) is 15.0 Å². The fourth-order valence-corrected chi connectivity index (χ4v) is 1.46. The van der Waals surface area contributed by atoms with Crippen molar-refractivity contribution in [1.82, 2.24) is 10.3 Å². The number of rotatable bonds is 4. The van der Waals surface area contributed by atoms with Gasteiger partial charge in [0, 0.05) is 12.7 Å². The number of halogens is 1. The summed E-state index contributed by atoms with van der Waals surface area (Å²) in [6.07, 6.45) is 3.95. The van der Waals surface area contributed by atoms with Gasteiger partial charge in [-0.1, -0.05) is 12.2 Å². The van der Waals surface area contributed by atoms with Crippen molar-refractivity contribution in [3.05, 3.63) is 35.4 Å². The van der Waals surface area contributed by atoms with Gasteiger partial charge in [0.15, 0.2) is 0 Å². The lowest BCUT2D eigenvalue weighted by Crippen LogP contribution is -2.32. The van der Waals surface area contributed by atoms with Crippen LogP contribution in [0.1, 0.15) is 36.7 Å². The number of hydrogen-bond acceptors (Lipinski definition) is 5. The molecule has 1 amide bonds. The first-order valence-electron chi connectivity index (χ1n) is 6.60. The molecule has 1 N–H and O–H groups in total. The van der Waals surface area contributed by atoms with Gasteiger partial charge in [-0.2, -0.15) is 4.39 Å². The van der Waals surface area contributed by atoms with Crippen LogP contribution >= 0.6 is 0 Å². The summed E-state index contributed by atoms with van der Waals surface area (Å²) in [6.45, 7) is 5.52. The molecule has 0 atom stereocenters. The maximum atomic E-state index is 13.3. The normalized spacial score (nSPS) is 11.3. The molecule has 0 aromatic carbocycles. The van der Waals surface area contributed by atoms with Gasteiger partial charge >= 0.3 is 12.1 Å². The number of amides is 1. The van der Waals surface area contributed by atoms with E-state index >= 15 is 0 Å². The van der Waals surface area contributed by atoms with E-state index in [0.29, 0.717) is 5.56 Å². The largest absolute Gasteiger partial charge is 0.465 e. The van der Waals surface area contributed by atoms with Crippen molar-refractivity contribution in [2.24, 2.45) is 0 Å². The Morgan fingerprint density at radius 1 is 1.41 bits per heavy atom. The molecule has 7 heteroatoms. The predicted molar refractivity (Wildman–Crippen MR) is 78.8 cm³/mol. The van der Waals surface area contributed by atoms with E-state index in [0.717, 1.165) is 7.11 Å². The molecule has 0 saturated heterocycles. The average Bonchev–Trinajstić information content (AvgIpc) is 2.42. The smallest absolute Gasteiger partial charge is 0.407 e. The molecule has 1 aromatic heterocycles. The second-order valence-corrected chi connectivity index (χ2v) is 5.38. The summed E-state index contributed by atoms with van der Waals surface area (Å²) in [5.74, 6) is -1.69. The van der Waals surface area contributed by atoms with Crippen LogP contribution in [0, 0.1) is 5.95 Å². The second-order valence-electron chi connectivity index (χ2n) is 5.38. The molecular weight excluding hydrogens is 291 g/mol. The number of methoxy groups -OCH3 is 1. The van der Waals surface area contributed by atoms with Crippen molar-refractivity contribution >= 4 is 18.1 Å². The molecule has 0 saturated carbocycles. The minimum Gasteiger partial charge on any atom is -0.465 e. The van der Waals surface area contributed by atoms with Gasteiger partial charge in [-0.25, -0.2) is 14.6 Å². The molecule has 1 heterocycles. The number of esters is 1. The molecule has 1 rings (SSSR count). The summed E-state index contributed by atoms with van der Waals surface area (Å²) in [4.78, 5) is 26.2. The molecule has 0 unspecified atom stereocenters. The molecule has 120 valence electrons. The Morgan fingerprint density at radius 3 is 2.68 bits per heavy atom. The molecule has 0 fully saturated rings. The van der Waals surface area contributed by atoms with Gasteiger partial charge in [0.05, 0.1) is 7.11 Å². The first-order chi connectivity index (χ1) is 10.2. The number of pyridine rings is 1. The van der Waals surface area contributed by atoms with Gasteiger partial charge in [0.2, 0.25) is 5.95 Å². The first-order valence-corrected chi connectivity index (χ1v) is 6.60. The van der Waals surface area contributed by atoms with Crippen molar-refractivity contribution < 1.29 is 23.5 Å². The summed E-state index contributed by atoms with van der Waals surface area (Å²) in [6, 6.07) is 1.32. The third-order valence-corrected chi connectivity index (χ3v) is 2.34. The molecule has 0 aliphatic rings. The Labute approximate surface area is 128 Å². The van der Waals surface area contributed by atoms with Crippen LogP contribution in [0.4, 0.5) is 9.18 Å². The number of hydrogen-bond donors (Lipinski definition) is 1. The highest BCUT2D eigenvalue weighted by atomic mass is 19.1. The van der Waals surface area contributed by atoms with Crippen molar-refractivity contribution in [2.75, 3.05) is 13.7 Å². The van der Waals surface area contributed by atoms with Crippen LogP contribution in [-0.2, 0) is 9.47 Å². The van der Waals surface area contributed by atoms with Gasteiger partial charge < -0.3 is 14.8 Å². The van der Waals surface area contributed by atoms with E-state index < -0.39 is 23.6 Å². The van der Waals surface area contributed by atoms with Gasteiger partial charge in [-0.3, -0.25) is 0 Å². The van der Waals surface area contributed by atoms with E-state index in [4.69, 9.17) is 4.74 Å². The summed E-state index contributed by atoms with van der Waals surface area (Å²) < 4.78 is 22.9. The number of carbonyl (C=O) groups is 2. The number of ether oxygens (including phenoxy) is 2. The molecular formula is C15H19FN2O4. The zero-order valence-electron chi connectivity index (χ0n) is 13.0. The van der Waals surface area contributed by atoms with Gasteiger partial charge in [-0.15, -0.1) is 0 Å². The topological polar surface area (TPSA) is 77.5 Å². The van der Waals surface area contributed by atoms with E-state index in [-0.39, 0.29) is 12.1 Å². The number of nitrogens with one attached hydrogen (secondary N) is 1. The first kappa shape index (κ1) is 17.6. The van der Waals surface area contributed by atoms with Gasteiger partial charge in [0.25, 0.3) is 0 Å². The summed E-state index contributed by atoms with van der Waals surface area (Å²) in [5, 5.41) is 2.54. The number of alkyl carbamates (subject to hydrolysis) is 1. The van der Waals surface area contributed by atoms with Crippen molar-refractivity contribution in [3.63, 3.8) is 0 Å². The van der Waals surface area contributed by atoms with Crippen molar-refractivity contribution in [2.45, 2.75) is 26.4 Å². The van der Waals surface area contributed by atoms with Crippen LogP contribution in [-0.4, -0.2) is 36.3 Å². The number of carbonyl (C=O) groups excluding carboxylic acids is 2. The van der Waals surface area contributed by atoms with Crippen LogP contribution in [0.3, 0.4) is 0 Å². The Balaban J connectivity index is 2.60. The van der Waals surface area contributed by atoms with Crippen LogP contribution in [0.25, 0.3) is 6.08 Å². The van der Waals surface area contributed by atoms with E-state index in [1.807, 2.05) is 0 Å². The molecule has 0 aliphatic heterocycles. The zero-order valence-corrected chi connectivity index (χ0v) is 13.0. The molecule has 0 radical (unpaired) electrons. The third kappa shape index (κ3) is 5.90. The van der Waals surface area contributed by atoms with Crippen LogP contribution in [0.5, 0.6) is 0 Å². The summed E-state index contributed by atoms with van der Waals surface area (Å²) >= 11 is 0. The lowest BCUT2D eigenvalue weighted by atomic mass is 10.2. The zero-order chi connectivity index (χ0) is 16.8. The monoisotopic (exact) mass is 310 g/mol. The van der Waals surface area contributed by atoms with Crippen LogP contribution in [0.2, 0.25) is 0 Å². The highest BCUT2D eigenvalue weighted by Gasteiger charge is 2.15. The number of nitrogens with zero attached hydrogens (tertiary/aromatic N) is 1. The Bertz CT molecular complexity index is 579. The van der Waals surface area contributed by atoms with Crippen LogP contribution < -0.4 is 5.32 Å². The molecule has 1 aromatic rings. The SMILES string of the molecule is COC(=O)c1cc(C=CCNC(=O)OC(C)(C)C)cnc1F. The minimum atomic E-state index is -0.893. The highest BCUT2D eigenvalue weighted by Crippen LogP contribution is 2.10. The standard InChI is InChI=1S/C15H19FN2O4/c1-15(2,3)22-14(20)17-7-5-6-10-8-11(13(19)21-4)12(16)18-9-10/h5-6,8-9H,7H2,1-4H3,(H,17,20). The lowest BCUT2D eigenvalue weighted by molar-refractivity contribution is 0.0532. The molecule has 0 spiro atoms. The quantitative estimate of drug-likeness (QED) is 0.683. The number of aromatic nitrogens is 1. The third-order valence-electron chi connectivity index (χ3n) is 2.34. The van der Waals surface area contributed by atoms with Crippen molar-refractivity contribution in [3.8, 4) is 0 Å². The highest BCUT2D eigenvalue weighted by molar-refractivity contribution is 5.89.